The van der Waals surface area contributed by atoms with Crippen molar-refractivity contribution in [2.45, 2.75) is 36.2 Å². The van der Waals surface area contributed by atoms with Gasteiger partial charge in [0.2, 0.25) is 10.0 Å². The molecule has 2 aromatic rings. The number of nitrogens with zero attached hydrogens (tertiary/aromatic N) is 2. The second-order valence-electron chi connectivity index (χ2n) is 7.84. The van der Waals surface area contributed by atoms with Gasteiger partial charge in [-0.05, 0) is 67.1 Å². The van der Waals surface area contributed by atoms with Crippen LogP contribution < -0.4 is 15.6 Å². The van der Waals surface area contributed by atoms with E-state index in [4.69, 9.17) is 10.00 Å². The molecule has 2 atom stereocenters. The van der Waals surface area contributed by atoms with Gasteiger partial charge in [0.25, 0.3) is 0 Å². The van der Waals surface area contributed by atoms with Crippen molar-refractivity contribution in [1.29, 1.82) is 5.26 Å². The zero-order valence-electron chi connectivity index (χ0n) is 16.9. The summed E-state index contributed by atoms with van der Waals surface area (Å²) in [7, 11) is -1.85. The van der Waals surface area contributed by atoms with Crippen LogP contribution in [0.25, 0.3) is 0 Å². The Hall–Kier alpha value is -2.44. The number of hydrogen-bond donors (Lipinski definition) is 2. The van der Waals surface area contributed by atoms with Crippen LogP contribution >= 0.6 is 0 Å². The molecule has 2 heterocycles. The lowest BCUT2D eigenvalue weighted by molar-refractivity contribution is 0.230. The maximum absolute atomic E-state index is 12.9. The van der Waals surface area contributed by atoms with Crippen molar-refractivity contribution < 1.29 is 13.2 Å². The highest BCUT2D eigenvalue weighted by Gasteiger charge is 2.36. The van der Waals surface area contributed by atoms with Gasteiger partial charge in [-0.3, -0.25) is 10.9 Å². The molecule has 2 aliphatic rings. The third kappa shape index (κ3) is 4.20. The molecule has 2 unspecified atom stereocenters. The first-order valence-corrected chi connectivity index (χ1v) is 11.6. The predicted octanol–water partition coefficient (Wildman–Crippen LogP) is 2.58. The minimum Gasteiger partial charge on any atom is -0.497 e. The summed E-state index contributed by atoms with van der Waals surface area (Å²) in [5.74, 6) is 1.26. The third-order valence-electron chi connectivity index (χ3n) is 6.12. The SMILES string of the molecule is COc1cccc(C2CC(C3CCN(S(=O)(=O)c4ccc(C#N)cc4)CC3)NN2)c1. The summed E-state index contributed by atoms with van der Waals surface area (Å²) < 4.78 is 32.7. The van der Waals surface area contributed by atoms with E-state index in [9.17, 15) is 8.42 Å². The molecule has 158 valence electrons. The number of benzene rings is 2. The van der Waals surface area contributed by atoms with E-state index in [0.717, 1.165) is 25.0 Å². The van der Waals surface area contributed by atoms with E-state index >= 15 is 0 Å². The highest BCUT2D eigenvalue weighted by molar-refractivity contribution is 7.89. The number of hydrogen-bond acceptors (Lipinski definition) is 6. The second-order valence-corrected chi connectivity index (χ2v) is 9.78. The molecule has 30 heavy (non-hydrogen) atoms. The number of nitrogens with one attached hydrogen (secondary N) is 2. The van der Waals surface area contributed by atoms with Crippen molar-refractivity contribution in [3.05, 3.63) is 59.7 Å². The predicted molar refractivity (Wildman–Crippen MR) is 113 cm³/mol. The zero-order chi connectivity index (χ0) is 21.1. The fourth-order valence-electron chi connectivity index (χ4n) is 4.34. The van der Waals surface area contributed by atoms with E-state index < -0.39 is 10.0 Å². The fraction of sp³-hybridized carbons (Fsp3) is 0.409. The summed E-state index contributed by atoms with van der Waals surface area (Å²) in [6, 6.07) is 16.7. The first kappa shape index (κ1) is 20.8. The van der Waals surface area contributed by atoms with Crippen LogP contribution in [-0.4, -0.2) is 39.0 Å². The molecular weight excluding hydrogens is 400 g/mol. The molecule has 0 amide bonds. The van der Waals surface area contributed by atoms with Crippen LogP contribution in [0.1, 0.15) is 36.4 Å². The number of nitriles is 1. The first-order chi connectivity index (χ1) is 14.5. The number of ether oxygens (including phenoxy) is 1. The summed E-state index contributed by atoms with van der Waals surface area (Å²) in [5, 5.41) is 8.90. The van der Waals surface area contributed by atoms with Crippen molar-refractivity contribution in [1.82, 2.24) is 15.2 Å². The van der Waals surface area contributed by atoms with Crippen LogP contribution in [0.3, 0.4) is 0 Å². The molecule has 7 nitrogen and oxygen atoms in total. The molecule has 0 radical (unpaired) electrons. The lowest BCUT2D eigenvalue weighted by Gasteiger charge is -2.34. The Balaban J connectivity index is 1.36. The standard InChI is InChI=1S/C22H26N4O3S/c1-29-19-4-2-3-18(13-19)22-14-21(24-25-22)17-9-11-26(12-10-17)30(27,28)20-7-5-16(15-23)6-8-20/h2-8,13,17,21-22,24-25H,9-12,14H2,1H3. The smallest absolute Gasteiger partial charge is 0.243 e. The van der Waals surface area contributed by atoms with E-state index in [1.54, 1.807) is 23.5 Å². The largest absolute Gasteiger partial charge is 0.497 e. The molecule has 0 bridgehead atoms. The maximum atomic E-state index is 12.9. The Morgan fingerprint density at radius 2 is 1.83 bits per heavy atom. The van der Waals surface area contributed by atoms with Gasteiger partial charge in [0.1, 0.15) is 5.75 Å². The van der Waals surface area contributed by atoms with Crippen LogP contribution in [0.2, 0.25) is 0 Å². The van der Waals surface area contributed by atoms with E-state index in [2.05, 4.69) is 23.0 Å². The van der Waals surface area contributed by atoms with Gasteiger partial charge < -0.3 is 4.74 Å². The Kier molecular flexibility index (Phi) is 6.06. The second kappa shape index (κ2) is 8.74. The first-order valence-electron chi connectivity index (χ1n) is 10.2. The summed E-state index contributed by atoms with van der Waals surface area (Å²) in [5.41, 5.74) is 8.45. The minimum absolute atomic E-state index is 0.213. The van der Waals surface area contributed by atoms with E-state index in [0.29, 0.717) is 30.6 Å². The molecule has 0 spiro atoms. The van der Waals surface area contributed by atoms with Gasteiger partial charge in [0, 0.05) is 25.2 Å². The van der Waals surface area contributed by atoms with Crippen molar-refractivity contribution in [2.24, 2.45) is 5.92 Å². The van der Waals surface area contributed by atoms with Gasteiger partial charge >= 0.3 is 0 Å². The molecule has 0 aliphatic carbocycles. The maximum Gasteiger partial charge on any atom is 0.243 e. The summed E-state index contributed by atoms with van der Waals surface area (Å²) in [6.07, 6.45) is 2.60. The number of piperidine rings is 1. The van der Waals surface area contributed by atoms with Gasteiger partial charge in [-0.25, -0.2) is 8.42 Å². The average Bonchev–Trinajstić information content (AvgIpc) is 3.29. The Morgan fingerprint density at radius 3 is 2.50 bits per heavy atom. The zero-order valence-corrected chi connectivity index (χ0v) is 17.7. The molecule has 0 saturated carbocycles. The highest BCUT2D eigenvalue weighted by atomic mass is 32.2. The molecule has 8 heteroatoms. The molecule has 0 aromatic heterocycles. The number of sulfonamides is 1. The van der Waals surface area contributed by atoms with E-state index in [1.165, 1.54) is 17.7 Å². The molecule has 2 aromatic carbocycles. The number of hydrazine groups is 1. The van der Waals surface area contributed by atoms with Crippen molar-refractivity contribution in [3.8, 4) is 11.8 Å². The molecule has 2 N–H and O–H groups in total. The van der Waals surface area contributed by atoms with Crippen LogP contribution in [0, 0.1) is 17.2 Å². The monoisotopic (exact) mass is 426 g/mol. The third-order valence-corrected chi connectivity index (χ3v) is 8.03. The lowest BCUT2D eigenvalue weighted by Crippen LogP contribution is -2.44. The summed E-state index contributed by atoms with van der Waals surface area (Å²) in [4.78, 5) is 0.249. The van der Waals surface area contributed by atoms with Gasteiger partial charge in [-0.15, -0.1) is 0 Å². The van der Waals surface area contributed by atoms with Crippen molar-refractivity contribution >= 4 is 10.0 Å². The van der Waals surface area contributed by atoms with Crippen LogP contribution in [0.15, 0.2) is 53.4 Å². The molecule has 2 fully saturated rings. The Bertz CT molecular complexity index is 1030. The fourth-order valence-corrected chi connectivity index (χ4v) is 5.81. The van der Waals surface area contributed by atoms with Crippen LogP contribution in [-0.2, 0) is 10.0 Å². The number of methoxy groups -OCH3 is 1. The number of rotatable bonds is 5. The van der Waals surface area contributed by atoms with Gasteiger partial charge in [0.05, 0.1) is 23.6 Å². The van der Waals surface area contributed by atoms with Gasteiger partial charge in [-0.1, -0.05) is 12.1 Å². The van der Waals surface area contributed by atoms with E-state index in [-0.39, 0.29) is 10.9 Å². The quantitative estimate of drug-likeness (QED) is 0.763. The van der Waals surface area contributed by atoms with Gasteiger partial charge in [-0.2, -0.15) is 9.57 Å². The lowest BCUT2D eigenvalue weighted by atomic mass is 9.87. The molecule has 4 rings (SSSR count). The Labute approximate surface area is 177 Å². The van der Waals surface area contributed by atoms with E-state index in [1.807, 2.05) is 18.2 Å². The van der Waals surface area contributed by atoms with Crippen molar-refractivity contribution in [2.75, 3.05) is 20.2 Å². The van der Waals surface area contributed by atoms with Crippen LogP contribution in [0.4, 0.5) is 0 Å². The van der Waals surface area contributed by atoms with Crippen LogP contribution in [0.5, 0.6) is 5.75 Å². The topological polar surface area (TPSA) is 94.5 Å². The molecule has 2 saturated heterocycles. The summed E-state index contributed by atoms with van der Waals surface area (Å²) in [6.45, 7) is 1.02. The highest BCUT2D eigenvalue weighted by Crippen LogP contribution is 2.33. The van der Waals surface area contributed by atoms with Gasteiger partial charge in [0.15, 0.2) is 0 Å². The van der Waals surface area contributed by atoms with Crippen molar-refractivity contribution in [3.63, 3.8) is 0 Å². The molecular formula is C22H26N4O3S. The normalized spacial score (nSPS) is 23.2. The average molecular weight is 427 g/mol. The minimum atomic E-state index is -3.52. The summed E-state index contributed by atoms with van der Waals surface area (Å²) >= 11 is 0. The molecule has 2 aliphatic heterocycles. The Morgan fingerprint density at radius 1 is 1.10 bits per heavy atom.